The number of ether oxygens (including phenoxy) is 2. The van der Waals surface area contributed by atoms with Crippen LogP contribution >= 0.6 is 0 Å². The lowest BCUT2D eigenvalue weighted by Gasteiger charge is -2.25. The van der Waals surface area contributed by atoms with Gasteiger partial charge in [0.2, 0.25) is 5.91 Å². The van der Waals surface area contributed by atoms with Crippen molar-refractivity contribution < 1.29 is 19.1 Å². The van der Waals surface area contributed by atoms with E-state index in [1.807, 2.05) is 49.4 Å². The Kier molecular flexibility index (Phi) is 7.58. The predicted octanol–water partition coefficient (Wildman–Crippen LogP) is 4.85. The zero-order valence-corrected chi connectivity index (χ0v) is 21.7. The number of hydrogen-bond donors (Lipinski definition) is 1. The highest BCUT2D eigenvalue weighted by Gasteiger charge is 2.62. The van der Waals surface area contributed by atoms with E-state index in [0.29, 0.717) is 26.0 Å². The highest BCUT2D eigenvalue weighted by atomic mass is 16.5. The largest absolute Gasteiger partial charge is 0.459 e. The molecule has 1 aliphatic carbocycles. The lowest BCUT2D eigenvalue weighted by Crippen LogP contribution is -2.52. The van der Waals surface area contributed by atoms with Crippen LogP contribution < -0.4 is 5.32 Å². The van der Waals surface area contributed by atoms with Crippen molar-refractivity contribution in [2.75, 3.05) is 13.1 Å². The molecule has 6 nitrogen and oxygen atoms in total. The molecule has 3 aromatic carbocycles. The molecule has 6 heteroatoms. The van der Waals surface area contributed by atoms with Crippen molar-refractivity contribution in [2.24, 2.45) is 5.92 Å². The van der Waals surface area contributed by atoms with Crippen LogP contribution in [0.25, 0.3) is 10.8 Å². The first-order valence-electron chi connectivity index (χ1n) is 13.4. The van der Waals surface area contributed by atoms with Crippen LogP contribution in [0.2, 0.25) is 0 Å². The molecular formula is C31H36N2O4. The second-order valence-electron chi connectivity index (χ2n) is 10.2. The molecule has 0 radical (unpaired) electrons. The van der Waals surface area contributed by atoms with E-state index in [1.54, 1.807) is 0 Å². The van der Waals surface area contributed by atoms with Gasteiger partial charge >= 0.3 is 5.97 Å². The van der Waals surface area contributed by atoms with Gasteiger partial charge in [0, 0.05) is 6.54 Å². The molecule has 194 valence electrons. The van der Waals surface area contributed by atoms with Crippen molar-refractivity contribution in [3.8, 4) is 0 Å². The van der Waals surface area contributed by atoms with E-state index in [2.05, 4.69) is 47.5 Å². The van der Waals surface area contributed by atoms with Gasteiger partial charge in [-0.2, -0.15) is 0 Å². The average molecular weight is 501 g/mol. The van der Waals surface area contributed by atoms with E-state index in [0.717, 1.165) is 24.1 Å². The first kappa shape index (κ1) is 25.4. The normalized spacial score (nSPS) is 25.2. The second-order valence-corrected chi connectivity index (χ2v) is 10.2. The number of carbonyl (C=O) groups excluding carboxylic acids is 2. The monoisotopic (exact) mass is 500 g/mol. The number of likely N-dealkylation sites (N-methyl/N-ethyl adjacent to an activating group) is 1. The molecule has 2 fully saturated rings. The molecule has 1 aliphatic heterocycles. The summed E-state index contributed by atoms with van der Waals surface area (Å²) in [4.78, 5) is 28.8. The summed E-state index contributed by atoms with van der Waals surface area (Å²) < 4.78 is 12.0. The number of benzene rings is 3. The Balaban J connectivity index is 1.21. The van der Waals surface area contributed by atoms with E-state index in [9.17, 15) is 9.59 Å². The van der Waals surface area contributed by atoms with Crippen molar-refractivity contribution in [1.29, 1.82) is 0 Å². The molecule has 2 aliphatic rings. The summed E-state index contributed by atoms with van der Waals surface area (Å²) in [6.07, 6.45) is 2.01. The molecule has 1 N–H and O–H groups in total. The van der Waals surface area contributed by atoms with Gasteiger partial charge in [0.15, 0.2) is 0 Å². The molecular weight excluding hydrogens is 464 g/mol. The van der Waals surface area contributed by atoms with Gasteiger partial charge in [0.05, 0.1) is 18.8 Å². The number of rotatable bonds is 10. The maximum atomic E-state index is 13.5. The van der Waals surface area contributed by atoms with Gasteiger partial charge in [-0.25, -0.2) is 4.79 Å². The minimum atomic E-state index is -0.915. The molecule has 1 saturated heterocycles. The van der Waals surface area contributed by atoms with Crippen LogP contribution in [0.4, 0.5) is 0 Å². The standard InChI is InChI=1S/C31H36N2O4/c1-3-25-18-31(25,30(35)37-20-22-11-6-5-7-12-22)32-29(34)28-17-26(19-33(28)4-2)36-21-24-15-10-14-23-13-8-9-16-27(23)24/h5-16,25-26,28H,3-4,17-21H2,1-2H3,(H,32,34)/t25-,26+,28-,31+/m0/s1. The molecule has 3 aromatic rings. The van der Waals surface area contributed by atoms with E-state index >= 15 is 0 Å². The third-order valence-electron chi connectivity index (χ3n) is 7.95. The molecule has 0 spiro atoms. The van der Waals surface area contributed by atoms with Gasteiger partial charge in [0.25, 0.3) is 0 Å². The van der Waals surface area contributed by atoms with Crippen molar-refractivity contribution in [3.05, 3.63) is 83.9 Å². The molecule has 5 rings (SSSR count). The molecule has 0 bridgehead atoms. The quantitative estimate of drug-likeness (QED) is 0.403. The summed E-state index contributed by atoms with van der Waals surface area (Å²) in [7, 11) is 0. The highest BCUT2D eigenvalue weighted by molar-refractivity contribution is 5.93. The second kappa shape index (κ2) is 11.0. The van der Waals surface area contributed by atoms with Crippen molar-refractivity contribution >= 4 is 22.6 Å². The average Bonchev–Trinajstić information content (AvgIpc) is 3.49. The molecule has 1 amide bonds. The van der Waals surface area contributed by atoms with Crippen LogP contribution in [0, 0.1) is 5.92 Å². The Morgan fingerprint density at radius 1 is 0.973 bits per heavy atom. The minimum Gasteiger partial charge on any atom is -0.459 e. The third kappa shape index (κ3) is 5.41. The summed E-state index contributed by atoms with van der Waals surface area (Å²) in [5.41, 5.74) is 1.17. The van der Waals surface area contributed by atoms with Crippen LogP contribution in [0.1, 0.15) is 44.2 Å². The van der Waals surface area contributed by atoms with Crippen LogP contribution in [-0.4, -0.2) is 47.6 Å². The van der Waals surface area contributed by atoms with E-state index in [-0.39, 0.29) is 36.5 Å². The number of fused-ring (bicyclic) bond motifs is 1. The number of esters is 1. The van der Waals surface area contributed by atoms with E-state index in [4.69, 9.17) is 9.47 Å². The molecule has 1 heterocycles. The topological polar surface area (TPSA) is 67.9 Å². The van der Waals surface area contributed by atoms with Gasteiger partial charge < -0.3 is 14.8 Å². The smallest absolute Gasteiger partial charge is 0.332 e. The molecule has 1 saturated carbocycles. The Morgan fingerprint density at radius 3 is 2.49 bits per heavy atom. The number of nitrogens with one attached hydrogen (secondary N) is 1. The first-order chi connectivity index (χ1) is 18.0. The Morgan fingerprint density at radius 2 is 1.73 bits per heavy atom. The first-order valence-corrected chi connectivity index (χ1v) is 13.4. The number of likely N-dealkylation sites (tertiary alicyclic amines) is 1. The summed E-state index contributed by atoms with van der Waals surface area (Å²) in [5, 5.41) is 5.51. The maximum Gasteiger partial charge on any atom is 0.332 e. The van der Waals surface area contributed by atoms with Crippen LogP contribution in [-0.2, 0) is 32.3 Å². The number of amides is 1. The van der Waals surface area contributed by atoms with Crippen molar-refractivity contribution in [1.82, 2.24) is 10.2 Å². The zero-order chi connectivity index (χ0) is 25.8. The van der Waals surface area contributed by atoms with Gasteiger partial charge in [-0.05, 0) is 47.2 Å². The van der Waals surface area contributed by atoms with E-state index < -0.39 is 5.54 Å². The van der Waals surface area contributed by atoms with Crippen molar-refractivity contribution in [3.63, 3.8) is 0 Å². The Bertz CT molecular complexity index is 1240. The Labute approximate surface area is 218 Å². The number of carbonyl (C=O) groups is 2. The van der Waals surface area contributed by atoms with Crippen LogP contribution in [0.5, 0.6) is 0 Å². The summed E-state index contributed by atoms with van der Waals surface area (Å²) in [6.45, 7) is 6.27. The lowest BCUT2D eigenvalue weighted by molar-refractivity contribution is -0.151. The molecule has 4 atom stereocenters. The summed E-state index contributed by atoms with van der Waals surface area (Å²) in [5.74, 6) is -0.332. The fourth-order valence-corrected chi connectivity index (χ4v) is 5.66. The van der Waals surface area contributed by atoms with Gasteiger partial charge in [-0.15, -0.1) is 0 Å². The highest BCUT2D eigenvalue weighted by Crippen LogP contribution is 2.47. The summed E-state index contributed by atoms with van der Waals surface area (Å²) >= 11 is 0. The van der Waals surface area contributed by atoms with Gasteiger partial charge in [0.1, 0.15) is 12.1 Å². The van der Waals surface area contributed by atoms with Crippen molar-refractivity contribution in [2.45, 2.75) is 64.0 Å². The molecule has 37 heavy (non-hydrogen) atoms. The maximum absolute atomic E-state index is 13.5. The van der Waals surface area contributed by atoms with Gasteiger partial charge in [-0.1, -0.05) is 93.1 Å². The van der Waals surface area contributed by atoms with E-state index in [1.165, 1.54) is 10.8 Å². The Hall–Kier alpha value is -3.22. The fraction of sp³-hybridized carbons (Fsp3) is 0.419. The zero-order valence-electron chi connectivity index (χ0n) is 21.7. The number of hydrogen-bond acceptors (Lipinski definition) is 5. The number of nitrogens with zero attached hydrogens (tertiary/aromatic N) is 1. The minimum absolute atomic E-state index is 0.0446. The fourth-order valence-electron chi connectivity index (χ4n) is 5.66. The SMILES string of the molecule is CC[C@H]1C[C@]1(NC(=O)[C@@H]1C[C@@H](OCc2cccc3ccccc23)CN1CC)C(=O)OCc1ccccc1. The molecule has 0 unspecified atom stereocenters. The third-order valence-corrected chi connectivity index (χ3v) is 7.95. The summed E-state index contributed by atoms with van der Waals surface area (Å²) in [6, 6.07) is 23.9. The van der Waals surface area contributed by atoms with Crippen LogP contribution in [0.3, 0.4) is 0 Å². The lowest BCUT2D eigenvalue weighted by atomic mass is 10.1. The predicted molar refractivity (Wildman–Crippen MR) is 144 cm³/mol. The van der Waals surface area contributed by atoms with Gasteiger partial charge in [-0.3, -0.25) is 9.69 Å². The van der Waals surface area contributed by atoms with Crippen LogP contribution in [0.15, 0.2) is 72.8 Å². The molecule has 0 aromatic heterocycles.